The maximum absolute atomic E-state index is 12.4. The summed E-state index contributed by atoms with van der Waals surface area (Å²) in [5, 5.41) is 11.3. The number of Topliss-reactive ketones (excluding diaryl/α,β-unsaturated/α-hetero) is 1. The second-order valence-electron chi connectivity index (χ2n) is 6.16. The Morgan fingerprint density at radius 3 is 2.31 bits per heavy atom. The van der Waals surface area contributed by atoms with E-state index in [1.54, 1.807) is 19.1 Å². The van der Waals surface area contributed by atoms with Crippen molar-refractivity contribution in [2.45, 2.75) is 26.7 Å². The van der Waals surface area contributed by atoms with Crippen LogP contribution < -0.4 is 9.47 Å². The molecule has 0 aliphatic carbocycles. The van der Waals surface area contributed by atoms with Gasteiger partial charge in [-0.3, -0.25) is 14.9 Å². The molecule has 0 fully saturated rings. The molecule has 0 bridgehead atoms. The average molecular weight is 401 g/mol. The van der Waals surface area contributed by atoms with E-state index >= 15 is 0 Å². The Bertz CT molecular complexity index is 891. The number of methoxy groups -OCH3 is 1. The largest absolute Gasteiger partial charge is 0.493 e. The zero-order valence-corrected chi connectivity index (χ0v) is 16.6. The van der Waals surface area contributed by atoms with E-state index in [1.165, 1.54) is 13.2 Å². The zero-order valence-electron chi connectivity index (χ0n) is 16.6. The number of hydrogen-bond acceptors (Lipinski definition) is 7. The molecule has 2 aromatic carbocycles. The maximum atomic E-state index is 12.4. The number of aryl methyl sites for hydroxylation is 1. The SMILES string of the molecule is CCCc1ccc(C(=O)COC(=O)c2cc(OCC)c(OC)cc2[N+](=O)[O-])cc1. The number of esters is 1. The molecule has 0 radical (unpaired) electrons. The summed E-state index contributed by atoms with van der Waals surface area (Å²) >= 11 is 0. The van der Waals surface area contributed by atoms with E-state index in [9.17, 15) is 19.7 Å². The summed E-state index contributed by atoms with van der Waals surface area (Å²) in [5.74, 6) is -1.09. The second kappa shape index (κ2) is 10.2. The van der Waals surface area contributed by atoms with Crippen LogP contribution in [0.5, 0.6) is 11.5 Å². The molecule has 8 nitrogen and oxygen atoms in total. The van der Waals surface area contributed by atoms with Gasteiger partial charge < -0.3 is 14.2 Å². The van der Waals surface area contributed by atoms with Gasteiger partial charge in [0, 0.05) is 11.6 Å². The van der Waals surface area contributed by atoms with Crippen LogP contribution in [-0.2, 0) is 11.2 Å². The molecule has 154 valence electrons. The molecule has 0 atom stereocenters. The van der Waals surface area contributed by atoms with Gasteiger partial charge in [0.25, 0.3) is 5.69 Å². The number of ketones is 1. The summed E-state index contributed by atoms with van der Waals surface area (Å²) in [5.41, 5.74) is 0.701. The van der Waals surface area contributed by atoms with Crippen molar-refractivity contribution in [3.8, 4) is 11.5 Å². The Labute approximate surface area is 168 Å². The predicted octanol–water partition coefficient (Wildman–Crippen LogP) is 3.99. The molecule has 0 aromatic heterocycles. The van der Waals surface area contributed by atoms with Gasteiger partial charge in [0.05, 0.1) is 24.7 Å². The fraction of sp³-hybridized carbons (Fsp3) is 0.333. The van der Waals surface area contributed by atoms with Gasteiger partial charge in [-0.05, 0) is 18.9 Å². The van der Waals surface area contributed by atoms with Gasteiger partial charge >= 0.3 is 5.97 Å². The van der Waals surface area contributed by atoms with E-state index in [0.29, 0.717) is 5.56 Å². The molecule has 2 aromatic rings. The Morgan fingerprint density at radius 1 is 1.07 bits per heavy atom. The van der Waals surface area contributed by atoms with Crippen molar-refractivity contribution in [2.75, 3.05) is 20.3 Å². The third-order valence-electron chi connectivity index (χ3n) is 4.15. The monoisotopic (exact) mass is 401 g/mol. The van der Waals surface area contributed by atoms with Crippen molar-refractivity contribution in [2.24, 2.45) is 0 Å². The molecule has 0 N–H and O–H groups in total. The molecular weight excluding hydrogens is 378 g/mol. The maximum Gasteiger partial charge on any atom is 0.345 e. The highest BCUT2D eigenvalue weighted by molar-refractivity contribution is 6.00. The van der Waals surface area contributed by atoms with E-state index in [2.05, 4.69) is 6.92 Å². The van der Waals surface area contributed by atoms with E-state index < -0.39 is 29.0 Å². The number of rotatable bonds is 10. The topological polar surface area (TPSA) is 105 Å². The van der Waals surface area contributed by atoms with Crippen molar-refractivity contribution in [3.63, 3.8) is 0 Å². The Kier molecular flexibility index (Phi) is 7.70. The van der Waals surface area contributed by atoms with Gasteiger partial charge in [-0.1, -0.05) is 37.6 Å². The molecule has 0 aliphatic rings. The Hall–Kier alpha value is -3.42. The van der Waals surface area contributed by atoms with Gasteiger partial charge in [-0.2, -0.15) is 0 Å². The fourth-order valence-electron chi connectivity index (χ4n) is 2.73. The number of nitro benzene ring substituents is 1. The molecule has 0 spiro atoms. The number of ether oxygens (including phenoxy) is 3. The van der Waals surface area contributed by atoms with Crippen LogP contribution in [0.2, 0.25) is 0 Å². The summed E-state index contributed by atoms with van der Waals surface area (Å²) in [4.78, 5) is 35.3. The second-order valence-corrected chi connectivity index (χ2v) is 6.16. The number of nitrogens with zero attached hydrogens (tertiary/aromatic N) is 1. The van der Waals surface area contributed by atoms with Crippen LogP contribution in [-0.4, -0.2) is 37.0 Å². The van der Waals surface area contributed by atoms with Crippen LogP contribution in [0, 0.1) is 10.1 Å². The third kappa shape index (κ3) is 5.54. The molecule has 0 saturated carbocycles. The first kappa shape index (κ1) is 21.9. The highest BCUT2D eigenvalue weighted by Gasteiger charge is 2.26. The van der Waals surface area contributed by atoms with E-state index in [0.717, 1.165) is 24.5 Å². The lowest BCUT2D eigenvalue weighted by atomic mass is 10.1. The number of nitro groups is 1. The minimum atomic E-state index is -0.990. The highest BCUT2D eigenvalue weighted by atomic mass is 16.6. The Morgan fingerprint density at radius 2 is 1.76 bits per heavy atom. The van der Waals surface area contributed by atoms with Gasteiger partial charge in [0.1, 0.15) is 5.56 Å². The predicted molar refractivity (Wildman–Crippen MR) is 106 cm³/mol. The average Bonchev–Trinajstić information content (AvgIpc) is 2.72. The van der Waals surface area contributed by atoms with E-state index in [1.807, 2.05) is 12.1 Å². The summed E-state index contributed by atoms with van der Waals surface area (Å²) in [6.07, 6.45) is 1.90. The molecule has 0 heterocycles. The first-order chi connectivity index (χ1) is 13.9. The van der Waals surface area contributed by atoms with Gasteiger partial charge in [-0.25, -0.2) is 4.79 Å². The quantitative estimate of drug-likeness (QED) is 0.256. The number of carbonyl (C=O) groups is 2. The Balaban J connectivity index is 2.17. The van der Waals surface area contributed by atoms with E-state index in [4.69, 9.17) is 14.2 Å². The van der Waals surface area contributed by atoms with Gasteiger partial charge in [-0.15, -0.1) is 0 Å². The van der Waals surface area contributed by atoms with Crippen molar-refractivity contribution < 1.29 is 28.7 Å². The van der Waals surface area contributed by atoms with Gasteiger partial charge in [0.2, 0.25) is 0 Å². The van der Waals surface area contributed by atoms with Crippen LogP contribution in [0.25, 0.3) is 0 Å². The first-order valence-electron chi connectivity index (χ1n) is 9.19. The summed E-state index contributed by atoms with van der Waals surface area (Å²) in [6, 6.07) is 9.32. The van der Waals surface area contributed by atoms with Crippen LogP contribution in [0.1, 0.15) is 46.5 Å². The smallest absolute Gasteiger partial charge is 0.345 e. The van der Waals surface area contributed by atoms with Crippen LogP contribution in [0.3, 0.4) is 0 Å². The molecule has 8 heteroatoms. The lowest BCUT2D eigenvalue weighted by Crippen LogP contribution is -2.16. The molecule has 0 amide bonds. The molecule has 0 saturated heterocycles. The van der Waals surface area contributed by atoms with Gasteiger partial charge in [0.15, 0.2) is 23.9 Å². The number of benzene rings is 2. The number of carbonyl (C=O) groups excluding carboxylic acids is 2. The molecular formula is C21H23NO7. The first-order valence-corrected chi connectivity index (χ1v) is 9.19. The summed E-state index contributed by atoms with van der Waals surface area (Å²) < 4.78 is 15.5. The number of hydrogen-bond donors (Lipinski definition) is 0. The lowest BCUT2D eigenvalue weighted by molar-refractivity contribution is -0.385. The summed E-state index contributed by atoms with van der Waals surface area (Å²) in [7, 11) is 1.34. The zero-order chi connectivity index (χ0) is 21.4. The van der Waals surface area contributed by atoms with Crippen molar-refractivity contribution >= 4 is 17.4 Å². The minimum Gasteiger partial charge on any atom is -0.493 e. The van der Waals surface area contributed by atoms with Crippen LogP contribution in [0.4, 0.5) is 5.69 Å². The fourth-order valence-corrected chi connectivity index (χ4v) is 2.73. The highest BCUT2D eigenvalue weighted by Crippen LogP contribution is 2.35. The lowest BCUT2D eigenvalue weighted by Gasteiger charge is -2.11. The standard InChI is InChI=1S/C21H23NO7/c1-4-6-14-7-9-15(10-8-14)18(23)13-29-21(24)16-11-20(28-5-2)19(27-3)12-17(16)22(25)26/h7-12H,4-6,13H2,1-3H3. The summed E-state index contributed by atoms with van der Waals surface area (Å²) in [6.45, 7) is 3.53. The molecule has 0 aliphatic heterocycles. The normalized spacial score (nSPS) is 10.3. The van der Waals surface area contributed by atoms with Crippen molar-refractivity contribution in [1.29, 1.82) is 0 Å². The van der Waals surface area contributed by atoms with Crippen molar-refractivity contribution in [1.82, 2.24) is 0 Å². The molecule has 29 heavy (non-hydrogen) atoms. The molecule has 0 unspecified atom stereocenters. The van der Waals surface area contributed by atoms with E-state index in [-0.39, 0.29) is 23.7 Å². The third-order valence-corrected chi connectivity index (χ3v) is 4.15. The van der Waals surface area contributed by atoms with Crippen LogP contribution >= 0.6 is 0 Å². The minimum absolute atomic E-state index is 0.123. The molecule has 2 rings (SSSR count). The van der Waals surface area contributed by atoms with Crippen molar-refractivity contribution in [3.05, 3.63) is 63.2 Å². The van der Waals surface area contributed by atoms with Crippen LogP contribution in [0.15, 0.2) is 36.4 Å².